The Balaban J connectivity index is 1.45. The van der Waals surface area contributed by atoms with Crippen LogP contribution in [0.15, 0.2) is 54.7 Å². The molecule has 0 bridgehead atoms. The molecule has 1 amide bonds. The Morgan fingerprint density at radius 3 is 2.62 bits per heavy atom. The van der Waals surface area contributed by atoms with E-state index in [-0.39, 0.29) is 17.5 Å². The van der Waals surface area contributed by atoms with Gasteiger partial charge in [-0.1, -0.05) is 32.0 Å². The van der Waals surface area contributed by atoms with Gasteiger partial charge in [0.2, 0.25) is 0 Å². The minimum Gasteiger partial charge on any atom is -0.358 e. The third-order valence-corrected chi connectivity index (χ3v) is 7.64. The molecule has 0 unspecified atom stereocenters. The van der Waals surface area contributed by atoms with E-state index >= 15 is 0 Å². The summed E-state index contributed by atoms with van der Waals surface area (Å²) in [5, 5.41) is 7.27. The summed E-state index contributed by atoms with van der Waals surface area (Å²) >= 11 is 0. The number of amides is 1. The number of para-hydroxylation sites is 1. The number of aryl methyl sites for hydroxylation is 1. The van der Waals surface area contributed by atoms with E-state index in [0.717, 1.165) is 54.1 Å². The van der Waals surface area contributed by atoms with Crippen molar-refractivity contribution in [3.05, 3.63) is 88.6 Å². The van der Waals surface area contributed by atoms with Crippen LogP contribution in [0.2, 0.25) is 0 Å². The first kappa shape index (κ1) is 27.3. The molecule has 206 valence electrons. The largest absolute Gasteiger partial charge is 0.358 e. The van der Waals surface area contributed by atoms with Gasteiger partial charge in [0.05, 0.1) is 17.5 Å². The first-order valence-corrected chi connectivity index (χ1v) is 13.7. The molecule has 0 fully saturated rings. The van der Waals surface area contributed by atoms with Crippen LogP contribution >= 0.6 is 0 Å². The average Bonchev–Trinajstić information content (AvgIpc) is 3.62. The molecule has 1 aliphatic heterocycles. The predicted octanol–water partition coefficient (Wildman–Crippen LogP) is 6.42. The van der Waals surface area contributed by atoms with E-state index < -0.39 is 0 Å². The molecule has 2 N–H and O–H groups in total. The van der Waals surface area contributed by atoms with Crippen LogP contribution in [0, 0.1) is 19.7 Å². The molecule has 1 aliphatic rings. The number of carbonyl (C=O) groups is 2. The van der Waals surface area contributed by atoms with E-state index in [4.69, 9.17) is 0 Å². The smallest absolute Gasteiger partial charge is 0.256 e. The number of anilines is 1. The number of halogens is 1. The molecule has 40 heavy (non-hydrogen) atoms. The van der Waals surface area contributed by atoms with Crippen molar-refractivity contribution in [2.45, 2.75) is 40.5 Å². The Bertz CT molecular complexity index is 1610. The number of benzene rings is 2. The first-order chi connectivity index (χ1) is 19.3. The lowest BCUT2D eigenvalue weighted by molar-refractivity contribution is -0.110. The fourth-order valence-corrected chi connectivity index (χ4v) is 5.44. The summed E-state index contributed by atoms with van der Waals surface area (Å²) in [6.45, 7) is 10.9. The Labute approximate surface area is 233 Å². The molecule has 2 aromatic carbocycles. The number of hydrogen-bond donors (Lipinski definition) is 2. The van der Waals surface area contributed by atoms with Crippen molar-refractivity contribution in [3.8, 4) is 16.9 Å². The zero-order valence-corrected chi connectivity index (χ0v) is 23.3. The SMILES string of the molecule is CCN(CC)CCCC(=O)c1c(C)[nH]c(/C=C2\C(=O)Nc3ccc(-c4ccnn4-c4ccccc4F)cc32)c1C. The van der Waals surface area contributed by atoms with Crippen molar-refractivity contribution in [1.82, 2.24) is 19.7 Å². The molecule has 0 saturated carbocycles. The maximum atomic E-state index is 14.5. The first-order valence-electron chi connectivity index (χ1n) is 13.7. The summed E-state index contributed by atoms with van der Waals surface area (Å²) in [5.74, 6) is -0.474. The van der Waals surface area contributed by atoms with Gasteiger partial charge in [0.25, 0.3) is 5.91 Å². The molecular weight excluding hydrogens is 505 g/mol. The van der Waals surface area contributed by atoms with Crippen LogP contribution in [0.4, 0.5) is 10.1 Å². The second-order valence-electron chi connectivity index (χ2n) is 10.1. The van der Waals surface area contributed by atoms with Gasteiger partial charge in [-0.05, 0) is 81.9 Å². The van der Waals surface area contributed by atoms with E-state index in [0.29, 0.717) is 34.6 Å². The van der Waals surface area contributed by atoms with E-state index in [2.05, 4.69) is 34.1 Å². The van der Waals surface area contributed by atoms with Gasteiger partial charge in [0.1, 0.15) is 11.5 Å². The van der Waals surface area contributed by atoms with Gasteiger partial charge >= 0.3 is 0 Å². The molecular formula is C32H34FN5O2. The quantitative estimate of drug-likeness (QED) is 0.180. The molecule has 8 heteroatoms. The molecule has 3 heterocycles. The van der Waals surface area contributed by atoms with Crippen molar-refractivity contribution in [1.29, 1.82) is 0 Å². The number of aromatic amines is 1. The van der Waals surface area contributed by atoms with Crippen molar-refractivity contribution in [3.63, 3.8) is 0 Å². The number of ketones is 1. The molecule has 0 spiro atoms. The Morgan fingerprint density at radius 2 is 1.88 bits per heavy atom. The minimum absolute atomic E-state index is 0.114. The van der Waals surface area contributed by atoms with Gasteiger partial charge < -0.3 is 15.2 Å². The van der Waals surface area contributed by atoms with Gasteiger partial charge in [0, 0.05) is 40.2 Å². The number of nitrogens with one attached hydrogen (secondary N) is 2. The summed E-state index contributed by atoms with van der Waals surface area (Å²) in [6, 6.07) is 13.9. The summed E-state index contributed by atoms with van der Waals surface area (Å²) in [4.78, 5) is 31.8. The van der Waals surface area contributed by atoms with Crippen LogP contribution in [0.1, 0.15) is 59.6 Å². The monoisotopic (exact) mass is 539 g/mol. The maximum absolute atomic E-state index is 14.5. The van der Waals surface area contributed by atoms with Gasteiger partial charge in [-0.3, -0.25) is 9.59 Å². The third-order valence-electron chi connectivity index (χ3n) is 7.64. The molecule has 0 saturated heterocycles. The number of nitrogens with zero attached hydrogens (tertiary/aromatic N) is 3. The number of carbonyl (C=O) groups excluding carboxylic acids is 2. The molecule has 0 atom stereocenters. The highest BCUT2D eigenvalue weighted by molar-refractivity contribution is 6.35. The fourth-order valence-electron chi connectivity index (χ4n) is 5.44. The number of Topliss-reactive ketones (excluding diaryl/α,β-unsaturated/α-hetero) is 1. The van der Waals surface area contributed by atoms with Crippen LogP contribution in [-0.4, -0.2) is 51.0 Å². The molecule has 2 aromatic heterocycles. The molecule has 4 aromatic rings. The number of hydrogen-bond acceptors (Lipinski definition) is 4. The van der Waals surface area contributed by atoms with Gasteiger partial charge in [-0.2, -0.15) is 5.10 Å². The van der Waals surface area contributed by atoms with E-state index in [9.17, 15) is 14.0 Å². The Hall–Kier alpha value is -4.30. The highest BCUT2D eigenvalue weighted by Gasteiger charge is 2.27. The summed E-state index contributed by atoms with van der Waals surface area (Å²) < 4.78 is 16.1. The Kier molecular flexibility index (Phi) is 7.80. The van der Waals surface area contributed by atoms with E-state index in [1.54, 1.807) is 29.1 Å². The summed E-state index contributed by atoms with van der Waals surface area (Å²) in [6.07, 6.45) is 4.73. The van der Waals surface area contributed by atoms with Crippen molar-refractivity contribution in [2.24, 2.45) is 0 Å². The third kappa shape index (κ3) is 5.14. The van der Waals surface area contributed by atoms with Crippen molar-refractivity contribution in [2.75, 3.05) is 25.0 Å². The van der Waals surface area contributed by atoms with Crippen LogP contribution in [0.5, 0.6) is 0 Å². The number of rotatable bonds is 10. The second kappa shape index (κ2) is 11.4. The zero-order valence-electron chi connectivity index (χ0n) is 23.3. The lowest BCUT2D eigenvalue weighted by Gasteiger charge is -2.17. The molecule has 7 nitrogen and oxygen atoms in total. The molecule has 0 radical (unpaired) electrons. The molecule has 5 rings (SSSR count). The lowest BCUT2D eigenvalue weighted by atomic mass is 9.99. The van der Waals surface area contributed by atoms with Crippen LogP contribution in [0.3, 0.4) is 0 Å². The normalized spacial score (nSPS) is 13.8. The number of aromatic nitrogens is 3. The topological polar surface area (TPSA) is 83.0 Å². The lowest BCUT2D eigenvalue weighted by Crippen LogP contribution is -2.24. The van der Waals surface area contributed by atoms with Gasteiger partial charge in [0.15, 0.2) is 5.78 Å². The molecule has 0 aliphatic carbocycles. The standard InChI is InChI=1S/C32H34FN5O2/c1-5-37(6-2)17-9-12-30(39)31-20(3)27(35-21(31)4)19-24-23-18-22(13-14-26(23)36-32(24)40)28-15-16-34-38(28)29-11-8-7-10-25(29)33/h7-8,10-11,13-16,18-19,35H,5-6,9,12,17H2,1-4H3,(H,36,40)/b24-19-. The zero-order chi connectivity index (χ0) is 28.4. The minimum atomic E-state index is -0.373. The average molecular weight is 540 g/mol. The van der Waals surface area contributed by atoms with Crippen LogP contribution < -0.4 is 5.32 Å². The highest BCUT2D eigenvalue weighted by atomic mass is 19.1. The van der Waals surface area contributed by atoms with Crippen molar-refractivity contribution >= 4 is 29.0 Å². The van der Waals surface area contributed by atoms with E-state index in [1.807, 2.05) is 44.2 Å². The number of fused-ring (bicyclic) bond motifs is 1. The highest BCUT2D eigenvalue weighted by Crippen LogP contribution is 2.37. The summed E-state index contributed by atoms with van der Waals surface area (Å²) in [5.41, 5.74) is 6.87. The second-order valence-corrected chi connectivity index (χ2v) is 10.1. The van der Waals surface area contributed by atoms with Crippen LogP contribution in [0.25, 0.3) is 28.6 Å². The maximum Gasteiger partial charge on any atom is 0.256 e. The van der Waals surface area contributed by atoms with Crippen molar-refractivity contribution < 1.29 is 14.0 Å². The van der Waals surface area contributed by atoms with Gasteiger partial charge in [-0.25, -0.2) is 9.07 Å². The summed E-state index contributed by atoms with van der Waals surface area (Å²) in [7, 11) is 0. The van der Waals surface area contributed by atoms with Crippen LogP contribution in [-0.2, 0) is 4.79 Å². The predicted molar refractivity (Wildman–Crippen MR) is 157 cm³/mol. The van der Waals surface area contributed by atoms with E-state index in [1.165, 1.54) is 6.07 Å². The Morgan fingerprint density at radius 1 is 1.10 bits per heavy atom. The number of H-pyrrole nitrogens is 1. The fraction of sp³-hybridized carbons (Fsp3) is 0.281. The van der Waals surface area contributed by atoms with Gasteiger partial charge in [-0.15, -0.1) is 0 Å².